The Bertz CT molecular complexity index is 515. The monoisotopic (exact) mass is 349 g/mol. The number of halogens is 2. The summed E-state index contributed by atoms with van der Waals surface area (Å²) >= 11 is 13.7. The van der Waals surface area contributed by atoms with E-state index in [1.165, 1.54) is 4.90 Å². The zero-order valence-corrected chi connectivity index (χ0v) is 13.9. The van der Waals surface area contributed by atoms with Crippen LogP contribution in [0.5, 0.6) is 0 Å². The van der Waals surface area contributed by atoms with Crippen LogP contribution in [-0.4, -0.2) is 47.8 Å². The molecule has 2 unspecified atom stereocenters. The number of carbonyl (C=O) groups is 1. The third-order valence-corrected chi connectivity index (χ3v) is 4.97. The highest BCUT2D eigenvalue weighted by Crippen LogP contribution is 2.34. The Hall–Kier alpha value is -0.620. The van der Waals surface area contributed by atoms with E-state index in [4.69, 9.17) is 27.9 Å². The van der Waals surface area contributed by atoms with Gasteiger partial charge in [0.15, 0.2) is 0 Å². The van der Waals surface area contributed by atoms with Gasteiger partial charge in [-0.25, -0.2) is 4.79 Å². The maximum Gasteiger partial charge on any atom is 0.407 e. The number of benzene rings is 1. The van der Waals surface area contributed by atoms with Crippen LogP contribution in [0.15, 0.2) is 18.2 Å². The Labute approximate surface area is 138 Å². The summed E-state index contributed by atoms with van der Waals surface area (Å²) in [6, 6.07) is 5.44. The van der Waals surface area contributed by atoms with Crippen LogP contribution in [0.1, 0.15) is 11.7 Å². The predicted octanol–water partition coefficient (Wildman–Crippen LogP) is 4.02. The van der Waals surface area contributed by atoms with Crippen molar-refractivity contribution in [3.8, 4) is 0 Å². The summed E-state index contributed by atoms with van der Waals surface area (Å²) in [6.07, 6.45) is 0.929. The lowest BCUT2D eigenvalue weighted by atomic mass is 9.97. The number of carboxylic acid groups (broad SMARTS) is 1. The fraction of sp³-hybridized carbons (Fsp3) is 0.500. The molecule has 1 saturated heterocycles. The number of rotatable bonds is 3. The quantitative estimate of drug-likeness (QED) is 0.894. The summed E-state index contributed by atoms with van der Waals surface area (Å²) in [5, 5.41) is 10.2. The van der Waals surface area contributed by atoms with Crippen molar-refractivity contribution < 1.29 is 14.6 Å². The van der Waals surface area contributed by atoms with Gasteiger partial charge in [-0.15, -0.1) is 0 Å². The van der Waals surface area contributed by atoms with Gasteiger partial charge in [0.05, 0.1) is 22.8 Å². The van der Waals surface area contributed by atoms with Crippen molar-refractivity contribution in [2.45, 2.75) is 6.10 Å². The number of thioether (sulfide) groups is 1. The van der Waals surface area contributed by atoms with Crippen LogP contribution in [0.3, 0.4) is 0 Å². The Morgan fingerprint density at radius 3 is 2.86 bits per heavy atom. The van der Waals surface area contributed by atoms with Crippen LogP contribution < -0.4 is 0 Å². The summed E-state index contributed by atoms with van der Waals surface area (Å²) in [4.78, 5) is 12.6. The van der Waals surface area contributed by atoms with Gasteiger partial charge in [-0.2, -0.15) is 11.8 Å². The summed E-state index contributed by atoms with van der Waals surface area (Å²) < 4.78 is 5.91. The van der Waals surface area contributed by atoms with E-state index in [1.54, 1.807) is 23.9 Å². The summed E-state index contributed by atoms with van der Waals surface area (Å²) in [5.41, 5.74) is 0.940. The minimum atomic E-state index is -0.903. The van der Waals surface area contributed by atoms with Crippen molar-refractivity contribution in [3.05, 3.63) is 33.8 Å². The number of nitrogens with zero attached hydrogens (tertiary/aromatic N) is 1. The zero-order valence-electron chi connectivity index (χ0n) is 11.6. The van der Waals surface area contributed by atoms with Crippen molar-refractivity contribution in [1.29, 1.82) is 0 Å². The molecule has 21 heavy (non-hydrogen) atoms. The van der Waals surface area contributed by atoms with Crippen LogP contribution in [0.25, 0.3) is 0 Å². The largest absolute Gasteiger partial charge is 0.465 e. The molecule has 1 aromatic carbocycles. The summed E-state index contributed by atoms with van der Waals surface area (Å²) in [7, 11) is 0. The van der Waals surface area contributed by atoms with Crippen molar-refractivity contribution in [1.82, 2.24) is 4.90 Å². The van der Waals surface area contributed by atoms with Gasteiger partial charge in [0, 0.05) is 24.8 Å². The first kappa shape index (κ1) is 16.7. The second kappa shape index (κ2) is 7.58. The fourth-order valence-corrected chi connectivity index (χ4v) is 3.50. The highest BCUT2D eigenvalue weighted by Gasteiger charge is 2.31. The Kier molecular flexibility index (Phi) is 6.05. The molecule has 1 amide bonds. The fourth-order valence-electron chi connectivity index (χ4n) is 2.48. The molecule has 1 heterocycles. The molecule has 0 spiro atoms. The molecule has 0 radical (unpaired) electrons. The van der Waals surface area contributed by atoms with Crippen molar-refractivity contribution in [2.75, 3.05) is 31.7 Å². The van der Waals surface area contributed by atoms with E-state index < -0.39 is 6.09 Å². The maximum atomic E-state index is 11.2. The molecule has 7 heteroatoms. The van der Waals surface area contributed by atoms with Crippen LogP contribution in [0.4, 0.5) is 4.79 Å². The number of ether oxygens (including phenoxy) is 1. The molecule has 2 atom stereocenters. The molecule has 4 nitrogen and oxygen atoms in total. The Balaban J connectivity index is 2.26. The van der Waals surface area contributed by atoms with Gasteiger partial charge in [0.2, 0.25) is 0 Å². The van der Waals surface area contributed by atoms with E-state index in [1.807, 2.05) is 12.3 Å². The molecular formula is C14H17Cl2NO3S. The standard InChI is InChI=1S/C14H17Cl2NO3S/c1-21-8-10-7-17(14(18)19)4-5-20-13(10)9-2-3-11(15)12(16)6-9/h2-3,6,10,13H,4-5,7-8H2,1H3,(H,18,19). The van der Waals surface area contributed by atoms with Gasteiger partial charge in [-0.3, -0.25) is 0 Å². The molecule has 116 valence electrons. The van der Waals surface area contributed by atoms with Gasteiger partial charge in [0.25, 0.3) is 0 Å². The molecule has 1 aromatic rings. The first-order valence-corrected chi connectivity index (χ1v) is 8.71. The third kappa shape index (κ3) is 4.19. The van der Waals surface area contributed by atoms with E-state index in [-0.39, 0.29) is 12.0 Å². The topological polar surface area (TPSA) is 49.8 Å². The van der Waals surface area contributed by atoms with Gasteiger partial charge in [-0.1, -0.05) is 29.3 Å². The summed E-state index contributed by atoms with van der Waals surface area (Å²) in [5.74, 6) is 0.894. The minimum Gasteiger partial charge on any atom is -0.465 e. The first-order chi connectivity index (χ1) is 10.0. The average molecular weight is 350 g/mol. The van der Waals surface area contributed by atoms with Crippen molar-refractivity contribution in [2.24, 2.45) is 5.92 Å². The number of hydrogen-bond acceptors (Lipinski definition) is 3. The number of amides is 1. The smallest absolute Gasteiger partial charge is 0.407 e. The van der Waals surface area contributed by atoms with E-state index in [2.05, 4.69) is 0 Å². The van der Waals surface area contributed by atoms with Crippen molar-refractivity contribution in [3.63, 3.8) is 0 Å². The van der Waals surface area contributed by atoms with Gasteiger partial charge in [-0.05, 0) is 24.0 Å². The lowest BCUT2D eigenvalue weighted by Gasteiger charge is -2.26. The highest BCUT2D eigenvalue weighted by molar-refractivity contribution is 7.98. The molecule has 1 aliphatic heterocycles. The highest BCUT2D eigenvalue weighted by atomic mass is 35.5. The van der Waals surface area contributed by atoms with Crippen LogP contribution in [0.2, 0.25) is 10.0 Å². The molecule has 1 aliphatic rings. The van der Waals surface area contributed by atoms with E-state index in [0.717, 1.165) is 11.3 Å². The van der Waals surface area contributed by atoms with E-state index in [0.29, 0.717) is 29.7 Å². The zero-order chi connectivity index (χ0) is 15.4. The SMILES string of the molecule is CSCC1CN(C(=O)O)CCOC1c1ccc(Cl)c(Cl)c1. The molecule has 0 saturated carbocycles. The predicted molar refractivity (Wildman–Crippen MR) is 86.6 cm³/mol. The lowest BCUT2D eigenvalue weighted by molar-refractivity contribution is 0.0372. The summed E-state index contributed by atoms with van der Waals surface area (Å²) in [6.45, 7) is 1.22. The average Bonchev–Trinajstić information content (AvgIpc) is 2.65. The normalized spacial score (nSPS) is 22.9. The number of hydrogen-bond donors (Lipinski definition) is 1. The van der Waals surface area contributed by atoms with Gasteiger partial charge in [0.1, 0.15) is 0 Å². The molecule has 0 bridgehead atoms. The van der Waals surface area contributed by atoms with Gasteiger partial charge >= 0.3 is 6.09 Å². The molecule has 1 fully saturated rings. The second-order valence-electron chi connectivity index (χ2n) is 4.91. The Morgan fingerprint density at radius 2 is 2.24 bits per heavy atom. The third-order valence-electron chi connectivity index (χ3n) is 3.47. The molecular weight excluding hydrogens is 333 g/mol. The van der Waals surface area contributed by atoms with Crippen LogP contribution >= 0.6 is 35.0 Å². The second-order valence-corrected chi connectivity index (χ2v) is 6.63. The molecule has 0 aromatic heterocycles. The molecule has 1 N–H and O–H groups in total. The minimum absolute atomic E-state index is 0.0795. The van der Waals surface area contributed by atoms with E-state index >= 15 is 0 Å². The first-order valence-electron chi connectivity index (χ1n) is 6.56. The van der Waals surface area contributed by atoms with Crippen molar-refractivity contribution >= 4 is 41.1 Å². The Morgan fingerprint density at radius 1 is 1.48 bits per heavy atom. The van der Waals surface area contributed by atoms with Gasteiger partial charge < -0.3 is 14.7 Å². The maximum absolute atomic E-state index is 11.2. The molecule has 2 rings (SSSR count). The van der Waals surface area contributed by atoms with Crippen LogP contribution in [-0.2, 0) is 4.74 Å². The van der Waals surface area contributed by atoms with E-state index in [9.17, 15) is 9.90 Å². The van der Waals surface area contributed by atoms with Crippen LogP contribution in [0, 0.1) is 5.92 Å². The lowest BCUT2D eigenvalue weighted by Crippen LogP contribution is -2.35. The molecule has 0 aliphatic carbocycles.